The highest BCUT2D eigenvalue weighted by molar-refractivity contribution is 7.08. The summed E-state index contributed by atoms with van der Waals surface area (Å²) in [5, 5.41) is 13.0. The molecule has 0 radical (unpaired) electrons. The van der Waals surface area contributed by atoms with Crippen LogP contribution in [0, 0.1) is 12.8 Å². The van der Waals surface area contributed by atoms with Gasteiger partial charge in [0.15, 0.2) is 0 Å². The first-order chi connectivity index (χ1) is 8.50. The van der Waals surface area contributed by atoms with E-state index in [1.807, 2.05) is 19.2 Å². The van der Waals surface area contributed by atoms with Crippen LogP contribution in [0.5, 0.6) is 0 Å². The number of amides is 1. The Labute approximate surface area is 110 Å². The van der Waals surface area contributed by atoms with Gasteiger partial charge in [-0.3, -0.25) is 4.79 Å². The number of carbonyl (C=O) groups excluding carboxylic acids is 1. The Morgan fingerprint density at radius 1 is 1.44 bits per heavy atom. The third-order valence-corrected chi connectivity index (χ3v) is 4.36. The molecule has 1 fully saturated rings. The second-order valence-electron chi connectivity index (χ2n) is 4.95. The minimum Gasteiger partial charge on any atom is -0.480 e. The molecule has 1 amide bonds. The molecule has 2 heterocycles. The van der Waals surface area contributed by atoms with Gasteiger partial charge in [0, 0.05) is 11.9 Å². The maximum atomic E-state index is 12.4. The summed E-state index contributed by atoms with van der Waals surface area (Å²) in [5.41, 5.74) is 1.56. The maximum absolute atomic E-state index is 12.4. The molecule has 0 aromatic carbocycles. The molecule has 2 unspecified atom stereocenters. The van der Waals surface area contributed by atoms with Gasteiger partial charge in [0.1, 0.15) is 6.04 Å². The number of rotatable bonds is 2. The third kappa shape index (κ3) is 2.41. The van der Waals surface area contributed by atoms with E-state index in [1.165, 1.54) is 16.2 Å². The minimum absolute atomic E-state index is 0.145. The number of aryl methyl sites for hydroxylation is 1. The fourth-order valence-electron chi connectivity index (χ4n) is 2.35. The van der Waals surface area contributed by atoms with E-state index in [1.54, 1.807) is 5.38 Å². The molecule has 0 saturated carbocycles. The first-order valence-electron chi connectivity index (χ1n) is 6.07. The highest BCUT2D eigenvalue weighted by atomic mass is 32.1. The van der Waals surface area contributed by atoms with Crippen molar-refractivity contribution in [3.63, 3.8) is 0 Å². The van der Waals surface area contributed by atoms with Crippen LogP contribution in [0.4, 0.5) is 0 Å². The van der Waals surface area contributed by atoms with Crippen LogP contribution in [-0.4, -0.2) is 34.5 Å². The number of aliphatic carboxylic acids is 1. The molecule has 0 aliphatic carbocycles. The molecule has 98 valence electrons. The van der Waals surface area contributed by atoms with Crippen molar-refractivity contribution in [2.45, 2.75) is 32.7 Å². The van der Waals surface area contributed by atoms with Gasteiger partial charge in [-0.25, -0.2) is 4.79 Å². The van der Waals surface area contributed by atoms with Gasteiger partial charge in [-0.2, -0.15) is 11.3 Å². The topological polar surface area (TPSA) is 57.6 Å². The number of carboxylic acid groups (broad SMARTS) is 1. The maximum Gasteiger partial charge on any atom is 0.326 e. The molecule has 1 aliphatic heterocycles. The monoisotopic (exact) mass is 267 g/mol. The Hall–Kier alpha value is -1.36. The molecule has 1 aliphatic rings. The van der Waals surface area contributed by atoms with Crippen LogP contribution in [0.25, 0.3) is 0 Å². The average molecular weight is 267 g/mol. The third-order valence-electron chi connectivity index (χ3n) is 3.50. The van der Waals surface area contributed by atoms with Crippen molar-refractivity contribution in [3.05, 3.63) is 21.9 Å². The van der Waals surface area contributed by atoms with Gasteiger partial charge < -0.3 is 10.0 Å². The molecular weight excluding hydrogens is 250 g/mol. The lowest BCUT2D eigenvalue weighted by molar-refractivity contribution is -0.144. The van der Waals surface area contributed by atoms with Crippen LogP contribution in [0.15, 0.2) is 10.8 Å². The van der Waals surface area contributed by atoms with E-state index in [-0.39, 0.29) is 5.91 Å². The molecule has 1 N–H and O–H groups in total. The van der Waals surface area contributed by atoms with Crippen molar-refractivity contribution < 1.29 is 14.7 Å². The quantitative estimate of drug-likeness (QED) is 0.895. The van der Waals surface area contributed by atoms with Crippen LogP contribution in [0.1, 0.15) is 35.7 Å². The van der Waals surface area contributed by atoms with Gasteiger partial charge in [-0.05, 0) is 36.6 Å². The first kappa shape index (κ1) is 13.1. The molecule has 0 spiro atoms. The van der Waals surface area contributed by atoms with Crippen molar-refractivity contribution >= 4 is 23.2 Å². The van der Waals surface area contributed by atoms with Crippen LogP contribution in [0.2, 0.25) is 0 Å². The summed E-state index contributed by atoms with van der Waals surface area (Å²) in [7, 11) is 0. The lowest BCUT2D eigenvalue weighted by Gasteiger charge is -2.36. The number of thiophene rings is 1. The number of nitrogens with zero attached hydrogens (tertiary/aromatic N) is 1. The van der Waals surface area contributed by atoms with Gasteiger partial charge in [0.2, 0.25) is 0 Å². The zero-order valence-corrected chi connectivity index (χ0v) is 11.4. The van der Waals surface area contributed by atoms with Crippen molar-refractivity contribution in [1.82, 2.24) is 4.90 Å². The SMILES string of the molecule is Cc1cscc1C(=O)N1CCC(C)CC1C(=O)O. The average Bonchev–Trinajstić information content (AvgIpc) is 2.74. The van der Waals surface area contributed by atoms with Crippen molar-refractivity contribution in [1.29, 1.82) is 0 Å². The summed E-state index contributed by atoms with van der Waals surface area (Å²) in [6.45, 7) is 4.45. The molecule has 1 aromatic heterocycles. The van der Waals surface area contributed by atoms with E-state index >= 15 is 0 Å². The number of carbonyl (C=O) groups is 2. The van der Waals surface area contributed by atoms with E-state index in [4.69, 9.17) is 0 Å². The second kappa shape index (κ2) is 5.10. The van der Waals surface area contributed by atoms with Crippen LogP contribution in [0.3, 0.4) is 0 Å². The van der Waals surface area contributed by atoms with Crippen LogP contribution >= 0.6 is 11.3 Å². The zero-order valence-electron chi connectivity index (χ0n) is 10.5. The van der Waals surface area contributed by atoms with Crippen molar-refractivity contribution in [3.8, 4) is 0 Å². The summed E-state index contributed by atoms with van der Waals surface area (Å²) in [6, 6.07) is -0.680. The van der Waals surface area contributed by atoms with Gasteiger partial charge >= 0.3 is 5.97 Å². The fraction of sp³-hybridized carbons (Fsp3) is 0.538. The lowest BCUT2D eigenvalue weighted by Crippen LogP contribution is -2.49. The summed E-state index contributed by atoms with van der Waals surface area (Å²) >= 11 is 1.47. The molecular formula is C13H17NO3S. The van der Waals surface area contributed by atoms with E-state index in [9.17, 15) is 14.7 Å². The second-order valence-corrected chi connectivity index (χ2v) is 5.69. The zero-order chi connectivity index (χ0) is 13.3. The van der Waals surface area contributed by atoms with Crippen molar-refractivity contribution in [2.75, 3.05) is 6.54 Å². The number of hydrogen-bond donors (Lipinski definition) is 1. The number of carboxylic acids is 1. The smallest absolute Gasteiger partial charge is 0.326 e. The molecule has 1 saturated heterocycles. The summed E-state index contributed by atoms with van der Waals surface area (Å²) < 4.78 is 0. The predicted molar refractivity (Wildman–Crippen MR) is 69.9 cm³/mol. The normalized spacial score (nSPS) is 24.0. The van der Waals surface area contributed by atoms with Gasteiger partial charge in [-0.1, -0.05) is 6.92 Å². The summed E-state index contributed by atoms with van der Waals surface area (Å²) in [5.74, 6) is -0.686. The standard InChI is InChI=1S/C13H17NO3S/c1-8-3-4-14(11(5-8)13(16)17)12(15)10-7-18-6-9(10)2/h6-8,11H,3-5H2,1-2H3,(H,16,17). The van der Waals surface area contributed by atoms with Crippen LogP contribution in [-0.2, 0) is 4.79 Å². The fourth-order valence-corrected chi connectivity index (χ4v) is 3.18. The number of hydrogen-bond acceptors (Lipinski definition) is 3. The van der Waals surface area contributed by atoms with E-state index < -0.39 is 12.0 Å². The van der Waals surface area contributed by atoms with E-state index in [0.717, 1.165) is 12.0 Å². The molecule has 18 heavy (non-hydrogen) atoms. The summed E-state index contributed by atoms with van der Waals surface area (Å²) in [6.07, 6.45) is 1.42. The Balaban J connectivity index is 2.23. The van der Waals surface area contributed by atoms with Crippen LogP contribution < -0.4 is 0 Å². The first-order valence-corrected chi connectivity index (χ1v) is 7.01. The Bertz CT molecular complexity index is 469. The molecule has 4 nitrogen and oxygen atoms in total. The van der Waals surface area contributed by atoms with Gasteiger partial charge in [0.05, 0.1) is 5.56 Å². The van der Waals surface area contributed by atoms with Gasteiger partial charge in [0.25, 0.3) is 5.91 Å². The lowest BCUT2D eigenvalue weighted by atomic mass is 9.92. The minimum atomic E-state index is -0.900. The molecule has 1 aromatic rings. The Morgan fingerprint density at radius 2 is 2.17 bits per heavy atom. The number of likely N-dealkylation sites (tertiary alicyclic amines) is 1. The molecule has 2 rings (SSSR count). The Morgan fingerprint density at radius 3 is 2.72 bits per heavy atom. The van der Waals surface area contributed by atoms with Gasteiger partial charge in [-0.15, -0.1) is 0 Å². The largest absolute Gasteiger partial charge is 0.480 e. The Kier molecular flexibility index (Phi) is 3.71. The molecule has 2 atom stereocenters. The van der Waals surface area contributed by atoms with E-state index in [0.29, 0.717) is 24.4 Å². The highest BCUT2D eigenvalue weighted by Gasteiger charge is 2.35. The number of piperidine rings is 1. The molecule has 5 heteroatoms. The van der Waals surface area contributed by atoms with Crippen molar-refractivity contribution in [2.24, 2.45) is 5.92 Å². The predicted octanol–water partition coefficient (Wildman–Crippen LogP) is 2.38. The molecule has 0 bridgehead atoms. The van der Waals surface area contributed by atoms with E-state index in [2.05, 4.69) is 0 Å². The summed E-state index contributed by atoms with van der Waals surface area (Å²) in [4.78, 5) is 25.2. The highest BCUT2D eigenvalue weighted by Crippen LogP contribution is 2.26.